The largest absolute Gasteiger partial charge is 0.264 e. The van der Waals surface area contributed by atoms with E-state index in [0.29, 0.717) is 0 Å². The molecule has 0 saturated carbocycles. The van der Waals surface area contributed by atoms with Crippen molar-refractivity contribution in [1.29, 1.82) is 0 Å². The summed E-state index contributed by atoms with van der Waals surface area (Å²) >= 11 is 3.51. The van der Waals surface area contributed by atoms with E-state index in [0.717, 1.165) is 11.0 Å². The number of para-hydroxylation sites is 1. The average molecular weight is 225 g/mol. The Morgan fingerprint density at radius 2 is 2.33 bits per heavy atom. The minimum atomic E-state index is 0.909. The van der Waals surface area contributed by atoms with E-state index in [2.05, 4.69) is 34.0 Å². The van der Waals surface area contributed by atoms with E-state index in [1.54, 1.807) is 0 Å². The molecule has 3 heteroatoms. The molecule has 0 atom stereocenters. The number of aromatic nitrogens is 2. The second-order valence-corrected chi connectivity index (χ2v) is 3.49. The van der Waals surface area contributed by atoms with Gasteiger partial charge < -0.3 is 0 Å². The zero-order valence-electron chi connectivity index (χ0n) is 6.79. The predicted molar refractivity (Wildman–Crippen MR) is 53.1 cm³/mol. The zero-order valence-corrected chi connectivity index (χ0v) is 8.37. The molecule has 0 fully saturated rings. The second-order valence-electron chi connectivity index (χ2n) is 2.64. The van der Waals surface area contributed by atoms with Gasteiger partial charge in [-0.05, 0) is 28.9 Å². The molecule has 0 amide bonds. The molecule has 0 unspecified atom stereocenters. The van der Waals surface area contributed by atoms with Crippen molar-refractivity contribution in [3.05, 3.63) is 28.9 Å². The van der Waals surface area contributed by atoms with Crippen LogP contribution in [0.25, 0.3) is 10.9 Å². The molecular formula is C9H9BrN2. The van der Waals surface area contributed by atoms with Crippen LogP contribution >= 0.6 is 15.9 Å². The summed E-state index contributed by atoms with van der Waals surface area (Å²) in [6.07, 6.45) is 1.89. The van der Waals surface area contributed by atoms with Gasteiger partial charge in [-0.25, -0.2) is 0 Å². The number of nitrogens with zero attached hydrogens (tertiary/aromatic N) is 2. The van der Waals surface area contributed by atoms with Crippen molar-refractivity contribution in [1.82, 2.24) is 9.78 Å². The van der Waals surface area contributed by atoms with E-state index in [-0.39, 0.29) is 0 Å². The summed E-state index contributed by atoms with van der Waals surface area (Å²) in [5.74, 6) is 0. The molecule has 0 aliphatic heterocycles. The molecule has 0 N–H and O–H groups in total. The van der Waals surface area contributed by atoms with Crippen LogP contribution < -0.4 is 0 Å². The van der Waals surface area contributed by atoms with Gasteiger partial charge in [0.25, 0.3) is 0 Å². The molecule has 2 aromatic rings. The molecule has 1 aromatic heterocycles. The molecule has 12 heavy (non-hydrogen) atoms. The first-order valence-electron chi connectivity index (χ1n) is 3.93. The highest BCUT2D eigenvalue weighted by Crippen LogP contribution is 2.22. The fourth-order valence-electron chi connectivity index (χ4n) is 1.34. The maximum absolute atomic E-state index is 4.26. The van der Waals surface area contributed by atoms with Gasteiger partial charge in [-0.15, -0.1) is 0 Å². The SMILES string of the molecule is CCn1ncc2cccc(Br)c21. The fraction of sp³-hybridized carbons (Fsp3) is 0.222. The highest BCUT2D eigenvalue weighted by molar-refractivity contribution is 9.10. The maximum atomic E-state index is 4.26. The Bertz CT molecular complexity index is 406. The van der Waals surface area contributed by atoms with Crippen molar-refractivity contribution < 1.29 is 0 Å². The van der Waals surface area contributed by atoms with E-state index >= 15 is 0 Å². The Labute approximate surface area is 79.3 Å². The Balaban J connectivity index is 2.83. The lowest BCUT2D eigenvalue weighted by Crippen LogP contribution is -1.95. The van der Waals surface area contributed by atoms with Crippen LogP contribution in [0, 0.1) is 0 Å². The normalized spacial score (nSPS) is 10.8. The summed E-state index contributed by atoms with van der Waals surface area (Å²) in [5, 5.41) is 5.45. The van der Waals surface area contributed by atoms with Crippen LogP contribution in [0.1, 0.15) is 6.92 Å². The molecule has 1 aromatic carbocycles. The summed E-state index contributed by atoms with van der Waals surface area (Å²) in [4.78, 5) is 0. The van der Waals surface area contributed by atoms with Gasteiger partial charge in [-0.3, -0.25) is 4.68 Å². The number of rotatable bonds is 1. The number of aryl methyl sites for hydroxylation is 1. The Morgan fingerprint density at radius 3 is 3.08 bits per heavy atom. The van der Waals surface area contributed by atoms with Gasteiger partial charge in [0, 0.05) is 16.4 Å². The van der Waals surface area contributed by atoms with Crippen LogP contribution in [0.4, 0.5) is 0 Å². The topological polar surface area (TPSA) is 17.8 Å². The number of hydrogen-bond acceptors (Lipinski definition) is 1. The van der Waals surface area contributed by atoms with Crippen LogP contribution in [-0.2, 0) is 6.54 Å². The van der Waals surface area contributed by atoms with E-state index < -0.39 is 0 Å². The molecule has 0 spiro atoms. The molecule has 2 rings (SSSR count). The minimum absolute atomic E-state index is 0.909. The van der Waals surface area contributed by atoms with Gasteiger partial charge in [0.05, 0.1) is 11.7 Å². The molecule has 62 valence electrons. The van der Waals surface area contributed by atoms with Crippen molar-refractivity contribution in [2.75, 3.05) is 0 Å². The van der Waals surface area contributed by atoms with Crippen LogP contribution in [0.3, 0.4) is 0 Å². The first-order chi connectivity index (χ1) is 5.83. The molecule has 0 saturated heterocycles. The van der Waals surface area contributed by atoms with E-state index in [9.17, 15) is 0 Å². The molecule has 0 bridgehead atoms. The van der Waals surface area contributed by atoms with Gasteiger partial charge >= 0.3 is 0 Å². The monoisotopic (exact) mass is 224 g/mol. The van der Waals surface area contributed by atoms with Gasteiger partial charge in [0.1, 0.15) is 0 Å². The third kappa shape index (κ3) is 1.05. The molecule has 0 radical (unpaired) electrons. The molecular weight excluding hydrogens is 216 g/mol. The van der Waals surface area contributed by atoms with Crippen LogP contribution in [0.5, 0.6) is 0 Å². The predicted octanol–water partition coefficient (Wildman–Crippen LogP) is 2.82. The third-order valence-corrected chi connectivity index (χ3v) is 2.55. The van der Waals surface area contributed by atoms with Crippen LogP contribution in [-0.4, -0.2) is 9.78 Å². The standard InChI is InChI=1S/C9H9BrN2/c1-2-12-9-7(6-11-12)4-3-5-8(9)10/h3-6H,2H2,1H3. The average Bonchev–Trinajstić information content (AvgIpc) is 2.49. The molecule has 2 nitrogen and oxygen atoms in total. The van der Waals surface area contributed by atoms with Gasteiger partial charge in [0.2, 0.25) is 0 Å². The minimum Gasteiger partial charge on any atom is -0.264 e. The van der Waals surface area contributed by atoms with Crippen molar-refractivity contribution in [3.8, 4) is 0 Å². The van der Waals surface area contributed by atoms with Crippen LogP contribution in [0.2, 0.25) is 0 Å². The third-order valence-electron chi connectivity index (χ3n) is 1.91. The first-order valence-corrected chi connectivity index (χ1v) is 4.72. The Kier molecular flexibility index (Phi) is 1.89. The highest BCUT2D eigenvalue weighted by atomic mass is 79.9. The maximum Gasteiger partial charge on any atom is 0.0824 e. The van der Waals surface area contributed by atoms with Crippen LogP contribution in [0.15, 0.2) is 28.9 Å². The molecule has 0 aliphatic rings. The summed E-state index contributed by atoms with van der Waals surface area (Å²) < 4.78 is 3.10. The Morgan fingerprint density at radius 1 is 1.50 bits per heavy atom. The zero-order chi connectivity index (χ0) is 8.55. The first kappa shape index (κ1) is 7.80. The molecule has 0 aliphatic carbocycles. The van der Waals surface area contributed by atoms with Gasteiger partial charge in [-0.2, -0.15) is 5.10 Å². The van der Waals surface area contributed by atoms with E-state index in [1.165, 1.54) is 10.9 Å². The quantitative estimate of drug-likeness (QED) is 0.729. The highest BCUT2D eigenvalue weighted by Gasteiger charge is 2.03. The second kappa shape index (κ2) is 2.90. The number of fused-ring (bicyclic) bond motifs is 1. The van der Waals surface area contributed by atoms with E-state index in [1.807, 2.05) is 23.0 Å². The smallest absolute Gasteiger partial charge is 0.0824 e. The number of hydrogen-bond donors (Lipinski definition) is 0. The summed E-state index contributed by atoms with van der Waals surface area (Å²) in [6.45, 7) is 3.00. The van der Waals surface area contributed by atoms with Crippen molar-refractivity contribution >= 4 is 26.8 Å². The van der Waals surface area contributed by atoms with E-state index in [4.69, 9.17) is 0 Å². The Hall–Kier alpha value is -0.830. The summed E-state index contributed by atoms with van der Waals surface area (Å²) in [6, 6.07) is 6.13. The molecule has 1 heterocycles. The van der Waals surface area contributed by atoms with Gasteiger partial charge in [0.15, 0.2) is 0 Å². The lowest BCUT2D eigenvalue weighted by molar-refractivity contribution is 0.683. The van der Waals surface area contributed by atoms with Crippen molar-refractivity contribution in [3.63, 3.8) is 0 Å². The van der Waals surface area contributed by atoms with Crippen molar-refractivity contribution in [2.45, 2.75) is 13.5 Å². The van der Waals surface area contributed by atoms with Gasteiger partial charge in [-0.1, -0.05) is 12.1 Å². The fourth-order valence-corrected chi connectivity index (χ4v) is 1.92. The lowest BCUT2D eigenvalue weighted by atomic mass is 10.2. The van der Waals surface area contributed by atoms with Crippen molar-refractivity contribution in [2.24, 2.45) is 0 Å². The summed E-state index contributed by atoms with van der Waals surface area (Å²) in [7, 11) is 0. The summed E-state index contributed by atoms with van der Waals surface area (Å²) in [5.41, 5.74) is 1.18. The number of benzene rings is 1. The lowest BCUT2D eigenvalue weighted by Gasteiger charge is -1.99. The number of halogens is 1.